The topological polar surface area (TPSA) is 66.5 Å². The molecule has 1 aromatic carbocycles. The SMILES string of the molecule is O=C(CSCc1ccc(Cl)s1)Nc1ccc(S(=O)(=O)N2CCCC2)cc1. The molecule has 1 N–H and O–H groups in total. The van der Waals surface area contributed by atoms with E-state index in [0.29, 0.717) is 24.5 Å². The normalized spacial score (nSPS) is 15.3. The first-order valence-corrected chi connectivity index (χ1v) is 12.0. The van der Waals surface area contributed by atoms with Crippen LogP contribution in [0.4, 0.5) is 5.69 Å². The van der Waals surface area contributed by atoms with Crippen molar-refractivity contribution in [3.05, 3.63) is 45.6 Å². The van der Waals surface area contributed by atoms with Gasteiger partial charge in [-0.2, -0.15) is 4.31 Å². The van der Waals surface area contributed by atoms with E-state index >= 15 is 0 Å². The molecule has 0 unspecified atom stereocenters. The van der Waals surface area contributed by atoms with E-state index in [4.69, 9.17) is 11.6 Å². The molecule has 0 atom stereocenters. The van der Waals surface area contributed by atoms with Gasteiger partial charge >= 0.3 is 0 Å². The van der Waals surface area contributed by atoms with Gasteiger partial charge in [0, 0.05) is 29.4 Å². The zero-order valence-electron chi connectivity index (χ0n) is 14.0. The molecule has 3 rings (SSSR count). The lowest BCUT2D eigenvalue weighted by molar-refractivity contribution is -0.113. The number of nitrogens with one attached hydrogen (secondary N) is 1. The van der Waals surface area contributed by atoms with Crippen LogP contribution >= 0.6 is 34.7 Å². The molecule has 1 aliphatic rings. The molecule has 2 aromatic rings. The van der Waals surface area contributed by atoms with Gasteiger partial charge in [0.2, 0.25) is 15.9 Å². The maximum absolute atomic E-state index is 12.5. The number of carbonyl (C=O) groups excluding carboxylic acids is 1. The van der Waals surface area contributed by atoms with Crippen LogP contribution in [0.15, 0.2) is 41.3 Å². The predicted octanol–water partition coefficient (Wildman–Crippen LogP) is 4.06. The third-order valence-corrected chi connectivity index (χ3v) is 8.26. The van der Waals surface area contributed by atoms with Gasteiger partial charge in [-0.1, -0.05) is 11.6 Å². The number of halogens is 1. The molecule has 9 heteroatoms. The summed E-state index contributed by atoms with van der Waals surface area (Å²) >= 11 is 8.90. The molecule has 0 aliphatic carbocycles. The summed E-state index contributed by atoms with van der Waals surface area (Å²) in [7, 11) is -3.42. The lowest BCUT2D eigenvalue weighted by Crippen LogP contribution is -2.27. The fourth-order valence-corrected chi connectivity index (χ4v) is 6.20. The summed E-state index contributed by atoms with van der Waals surface area (Å²) in [5.41, 5.74) is 0.593. The lowest BCUT2D eigenvalue weighted by Gasteiger charge is -2.15. The fourth-order valence-electron chi connectivity index (χ4n) is 2.66. The van der Waals surface area contributed by atoms with Crippen LogP contribution in [-0.2, 0) is 20.6 Å². The van der Waals surface area contributed by atoms with Crippen LogP contribution in [0.25, 0.3) is 0 Å². The smallest absolute Gasteiger partial charge is 0.243 e. The molecule has 0 saturated carbocycles. The summed E-state index contributed by atoms with van der Waals surface area (Å²) in [4.78, 5) is 13.4. The van der Waals surface area contributed by atoms with Gasteiger partial charge in [-0.05, 0) is 49.2 Å². The van der Waals surface area contributed by atoms with Gasteiger partial charge in [-0.25, -0.2) is 8.42 Å². The molecule has 2 heterocycles. The number of nitrogens with zero attached hydrogens (tertiary/aromatic N) is 1. The minimum absolute atomic E-state index is 0.118. The molecule has 1 amide bonds. The zero-order chi connectivity index (χ0) is 18.6. The Balaban J connectivity index is 1.51. The third kappa shape index (κ3) is 5.01. The van der Waals surface area contributed by atoms with Crippen molar-refractivity contribution in [3.8, 4) is 0 Å². The first-order chi connectivity index (χ1) is 12.4. The highest BCUT2D eigenvalue weighted by Crippen LogP contribution is 2.25. The Hall–Kier alpha value is -1.06. The number of amides is 1. The number of anilines is 1. The van der Waals surface area contributed by atoms with Gasteiger partial charge in [0.05, 0.1) is 15.0 Å². The molecule has 0 radical (unpaired) electrons. The summed E-state index contributed by atoms with van der Waals surface area (Å²) in [5, 5.41) is 2.79. The molecule has 5 nitrogen and oxygen atoms in total. The zero-order valence-corrected chi connectivity index (χ0v) is 17.2. The number of benzene rings is 1. The van der Waals surface area contributed by atoms with E-state index in [-0.39, 0.29) is 10.8 Å². The van der Waals surface area contributed by atoms with Crippen LogP contribution in [-0.4, -0.2) is 37.5 Å². The summed E-state index contributed by atoms with van der Waals surface area (Å²) in [6, 6.07) is 10.2. The van der Waals surface area contributed by atoms with Crippen molar-refractivity contribution in [1.82, 2.24) is 4.31 Å². The molecule has 140 valence electrons. The average Bonchev–Trinajstić information content (AvgIpc) is 3.27. The van der Waals surface area contributed by atoms with Crippen molar-refractivity contribution in [2.45, 2.75) is 23.5 Å². The monoisotopic (exact) mass is 430 g/mol. The van der Waals surface area contributed by atoms with Crippen LogP contribution in [0.2, 0.25) is 4.34 Å². The van der Waals surface area contributed by atoms with Crippen molar-refractivity contribution in [2.75, 3.05) is 24.2 Å². The second-order valence-electron chi connectivity index (χ2n) is 5.88. The fraction of sp³-hybridized carbons (Fsp3) is 0.353. The highest BCUT2D eigenvalue weighted by Gasteiger charge is 2.26. The number of thioether (sulfide) groups is 1. The Bertz CT molecular complexity index is 860. The molecule has 26 heavy (non-hydrogen) atoms. The minimum atomic E-state index is -3.42. The Kier molecular flexibility index (Phi) is 6.63. The summed E-state index contributed by atoms with van der Waals surface area (Å²) in [5.74, 6) is 0.939. The van der Waals surface area contributed by atoms with E-state index in [1.165, 1.54) is 27.4 Å². The number of carbonyl (C=O) groups is 1. The van der Waals surface area contributed by atoms with E-state index in [1.54, 1.807) is 24.3 Å². The number of rotatable bonds is 7. The van der Waals surface area contributed by atoms with Crippen molar-refractivity contribution in [1.29, 1.82) is 0 Å². The van der Waals surface area contributed by atoms with Crippen molar-refractivity contribution >= 4 is 56.3 Å². The third-order valence-electron chi connectivity index (χ3n) is 3.95. The Morgan fingerprint density at radius 1 is 1.15 bits per heavy atom. The van der Waals surface area contributed by atoms with Gasteiger partial charge in [0.15, 0.2) is 0 Å². The predicted molar refractivity (Wildman–Crippen MR) is 109 cm³/mol. The van der Waals surface area contributed by atoms with Gasteiger partial charge < -0.3 is 5.32 Å². The Labute approximate surface area is 166 Å². The highest BCUT2D eigenvalue weighted by molar-refractivity contribution is 7.99. The largest absolute Gasteiger partial charge is 0.325 e. The molecular weight excluding hydrogens is 412 g/mol. The first-order valence-electron chi connectivity index (χ1n) is 8.17. The summed E-state index contributed by atoms with van der Waals surface area (Å²) in [6.45, 7) is 1.15. The van der Waals surface area contributed by atoms with E-state index in [2.05, 4.69) is 5.32 Å². The van der Waals surface area contributed by atoms with E-state index < -0.39 is 10.0 Å². The van der Waals surface area contributed by atoms with Crippen LogP contribution in [0.1, 0.15) is 17.7 Å². The van der Waals surface area contributed by atoms with E-state index in [9.17, 15) is 13.2 Å². The lowest BCUT2D eigenvalue weighted by atomic mass is 10.3. The number of hydrogen-bond donors (Lipinski definition) is 1. The van der Waals surface area contributed by atoms with Crippen LogP contribution in [0, 0.1) is 0 Å². The van der Waals surface area contributed by atoms with Gasteiger partial charge in [-0.3, -0.25) is 4.79 Å². The second kappa shape index (κ2) is 8.75. The molecule has 1 aliphatic heterocycles. The maximum atomic E-state index is 12.5. The van der Waals surface area contributed by atoms with Crippen molar-refractivity contribution in [2.24, 2.45) is 0 Å². The molecule has 0 spiro atoms. The quantitative estimate of drug-likeness (QED) is 0.719. The molecule has 1 aromatic heterocycles. The average molecular weight is 431 g/mol. The van der Waals surface area contributed by atoms with Gasteiger partial charge in [0.25, 0.3) is 0 Å². The number of sulfonamides is 1. The van der Waals surface area contributed by atoms with E-state index in [1.807, 2.05) is 12.1 Å². The highest BCUT2D eigenvalue weighted by atomic mass is 35.5. The summed E-state index contributed by atoms with van der Waals surface area (Å²) < 4.78 is 27.2. The molecule has 1 saturated heterocycles. The van der Waals surface area contributed by atoms with Gasteiger partial charge in [-0.15, -0.1) is 23.1 Å². The maximum Gasteiger partial charge on any atom is 0.243 e. The van der Waals surface area contributed by atoms with Crippen LogP contribution in [0.3, 0.4) is 0 Å². The Morgan fingerprint density at radius 3 is 2.46 bits per heavy atom. The Morgan fingerprint density at radius 2 is 1.85 bits per heavy atom. The standard InChI is InChI=1S/C17H19ClN2O3S3/c18-16-8-5-14(25-16)11-24-12-17(21)19-13-3-6-15(7-4-13)26(22,23)20-9-1-2-10-20/h3-8H,1-2,9-12H2,(H,19,21). The summed E-state index contributed by atoms with van der Waals surface area (Å²) in [6.07, 6.45) is 1.81. The molecule has 1 fully saturated rings. The number of hydrogen-bond acceptors (Lipinski definition) is 5. The first kappa shape index (κ1) is 19.7. The van der Waals surface area contributed by atoms with Crippen LogP contribution < -0.4 is 5.32 Å². The van der Waals surface area contributed by atoms with Crippen LogP contribution in [0.5, 0.6) is 0 Å². The van der Waals surface area contributed by atoms with E-state index in [0.717, 1.165) is 27.8 Å². The van der Waals surface area contributed by atoms with Gasteiger partial charge in [0.1, 0.15) is 0 Å². The van der Waals surface area contributed by atoms with Crippen molar-refractivity contribution < 1.29 is 13.2 Å². The molecule has 0 bridgehead atoms. The number of thiophene rings is 1. The van der Waals surface area contributed by atoms with Crippen molar-refractivity contribution in [3.63, 3.8) is 0 Å². The minimum Gasteiger partial charge on any atom is -0.325 e. The molecular formula is C17H19ClN2O3S3. The second-order valence-corrected chi connectivity index (χ2v) is 10.6.